The largest absolute Gasteiger partial charge is 0.371 e. The van der Waals surface area contributed by atoms with Gasteiger partial charge in [-0.3, -0.25) is 5.10 Å². The molecule has 1 saturated carbocycles. The van der Waals surface area contributed by atoms with Gasteiger partial charge in [-0.05, 0) is 26.7 Å². The average molecular weight is 209 g/mol. The molecule has 84 valence electrons. The van der Waals surface area contributed by atoms with Gasteiger partial charge < -0.3 is 4.74 Å². The smallest absolute Gasteiger partial charge is 0.153 e. The van der Waals surface area contributed by atoms with Crippen LogP contribution in [0.2, 0.25) is 0 Å². The summed E-state index contributed by atoms with van der Waals surface area (Å²) in [6, 6.07) is 0. The van der Waals surface area contributed by atoms with Gasteiger partial charge in [-0.25, -0.2) is 4.98 Å². The molecule has 2 rings (SSSR count). The maximum atomic E-state index is 5.47. The van der Waals surface area contributed by atoms with Crippen LogP contribution >= 0.6 is 0 Å². The van der Waals surface area contributed by atoms with Crippen molar-refractivity contribution in [2.45, 2.75) is 58.2 Å². The minimum absolute atomic E-state index is 0.241. The van der Waals surface area contributed by atoms with Crippen LogP contribution in [0.1, 0.15) is 57.1 Å². The van der Waals surface area contributed by atoms with Gasteiger partial charge in [0, 0.05) is 5.92 Å². The molecule has 1 heterocycles. The molecule has 0 aromatic carbocycles. The van der Waals surface area contributed by atoms with Gasteiger partial charge in [-0.15, -0.1) is 0 Å². The molecule has 1 aliphatic rings. The zero-order valence-corrected chi connectivity index (χ0v) is 9.49. The summed E-state index contributed by atoms with van der Waals surface area (Å²) >= 11 is 0. The lowest BCUT2D eigenvalue weighted by Crippen LogP contribution is -2.03. The van der Waals surface area contributed by atoms with Crippen LogP contribution in [0, 0.1) is 0 Å². The first-order valence-corrected chi connectivity index (χ1v) is 5.78. The summed E-state index contributed by atoms with van der Waals surface area (Å²) in [5.41, 5.74) is 0. The van der Waals surface area contributed by atoms with Crippen molar-refractivity contribution in [1.82, 2.24) is 15.2 Å². The SMILES string of the molecule is CC(C)OCc1nc(C2CCCC2)n[nH]1. The second-order valence-corrected chi connectivity index (χ2v) is 4.48. The van der Waals surface area contributed by atoms with Crippen molar-refractivity contribution < 1.29 is 4.74 Å². The number of rotatable bonds is 4. The predicted molar refractivity (Wildman–Crippen MR) is 57.5 cm³/mol. The van der Waals surface area contributed by atoms with Crippen LogP contribution in [0.3, 0.4) is 0 Å². The molecule has 0 aliphatic heterocycles. The first kappa shape index (κ1) is 10.6. The van der Waals surface area contributed by atoms with E-state index in [0.717, 1.165) is 11.6 Å². The molecule has 4 heteroatoms. The third-order valence-electron chi connectivity index (χ3n) is 2.82. The summed E-state index contributed by atoms with van der Waals surface area (Å²) < 4.78 is 5.47. The van der Waals surface area contributed by atoms with Crippen molar-refractivity contribution in [3.63, 3.8) is 0 Å². The molecule has 15 heavy (non-hydrogen) atoms. The van der Waals surface area contributed by atoms with Gasteiger partial charge in [-0.1, -0.05) is 12.8 Å². The van der Waals surface area contributed by atoms with Crippen molar-refractivity contribution in [1.29, 1.82) is 0 Å². The highest BCUT2D eigenvalue weighted by molar-refractivity contribution is 4.99. The van der Waals surface area contributed by atoms with E-state index in [1.54, 1.807) is 0 Å². The van der Waals surface area contributed by atoms with E-state index in [2.05, 4.69) is 15.2 Å². The van der Waals surface area contributed by atoms with E-state index in [9.17, 15) is 0 Å². The maximum Gasteiger partial charge on any atom is 0.153 e. The van der Waals surface area contributed by atoms with Gasteiger partial charge in [0.1, 0.15) is 6.61 Å². The molecule has 1 aromatic heterocycles. The molecule has 1 aromatic rings. The predicted octanol–water partition coefficient (Wildman–Crippen LogP) is 2.39. The molecule has 0 amide bonds. The van der Waals surface area contributed by atoms with E-state index in [-0.39, 0.29) is 6.10 Å². The fourth-order valence-electron chi connectivity index (χ4n) is 1.99. The summed E-state index contributed by atoms with van der Waals surface area (Å²) in [6.07, 6.45) is 5.35. The number of nitrogens with one attached hydrogen (secondary N) is 1. The van der Waals surface area contributed by atoms with Crippen LogP contribution in [0.4, 0.5) is 0 Å². The Labute approximate surface area is 90.4 Å². The number of H-pyrrole nitrogens is 1. The Morgan fingerprint density at radius 2 is 2.13 bits per heavy atom. The lowest BCUT2D eigenvalue weighted by Gasteiger charge is -2.04. The molecular weight excluding hydrogens is 190 g/mol. The topological polar surface area (TPSA) is 50.8 Å². The van der Waals surface area contributed by atoms with E-state index in [1.807, 2.05) is 13.8 Å². The zero-order chi connectivity index (χ0) is 10.7. The molecule has 0 saturated heterocycles. The Kier molecular flexibility index (Phi) is 3.36. The summed E-state index contributed by atoms with van der Waals surface area (Å²) in [7, 11) is 0. The summed E-state index contributed by atoms with van der Waals surface area (Å²) in [6.45, 7) is 4.58. The Morgan fingerprint density at radius 3 is 2.80 bits per heavy atom. The molecule has 4 nitrogen and oxygen atoms in total. The van der Waals surface area contributed by atoms with Gasteiger partial charge in [-0.2, -0.15) is 5.10 Å². The van der Waals surface area contributed by atoms with Crippen LogP contribution in [0.15, 0.2) is 0 Å². The van der Waals surface area contributed by atoms with E-state index in [0.29, 0.717) is 12.5 Å². The van der Waals surface area contributed by atoms with E-state index in [4.69, 9.17) is 4.74 Å². The van der Waals surface area contributed by atoms with Crippen molar-refractivity contribution >= 4 is 0 Å². The Morgan fingerprint density at radius 1 is 1.40 bits per heavy atom. The van der Waals surface area contributed by atoms with Gasteiger partial charge in [0.15, 0.2) is 11.6 Å². The molecule has 0 unspecified atom stereocenters. The van der Waals surface area contributed by atoms with Crippen LogP contribution in [0.25, 0.3) is 0 Å². The lowest BCUT2D eigenvalue weighted by molar-refractivity contribution is 0.0614. The molecule has 1 fully saturated rings. The van der Waals surface area contributed by atoms with Crippen LogP contribution in [-0.2, 0) is 11.3 Å². The van der Waals surface area contributed by atoms with Crippen molar-refractivity contribution in [3.8, 4) is 0 Å². The second kappa shape index (κ2) is 4.75. The van der Waals surface area contributed by atoms with E-state index in [1.165, 1.54) is 25.7 Å². The van der Waals surface area contributed by atoms with E-state index >= 15 is 0 Å². The molecule has 0 spiro atoms. The van der Waals surface area contributed by atoms with Gasteiger partial charge in [0.25, 0.3) is 0 Å². The Bertz CT molecular complexity index is 303. The highest BCUT2D eigenvalue weighted by Gasteiger charge is 2.20. The van der Waals surface area contributed by atoms with Crippen LogP contribution in [-0.4, -0.2) is 21.3 Å². The zero-order valence-electron chi connectivity index (χ0n) is 9.49. The number of nitrogens with zero attached hydrogens (tertiary/aromatic N) is 2. The molecule has 0 radical (unpaired) electrons. The normalized spacial score (nSPS) is 17.8. The summed E-state index contributed by atoms with van der Waals surface area (Å²) in [5.74, 6) is 2.41. The number of aromatic amines is 1. The number of aromatic nitrogens is 3. The third kappa shape index (κ3) is 2.78. The van der Waals surface area contributed by atoms with E-state index < -0.39 is 0 Å². The molecule has 0 atom stereocenters. The Hall–Kier alpha value is -0.900. The first-order valence-electron chi connectivity index (χ1n) is 5.78. The molecule has 1 N–H and O–H groups in total. The molecule has 1 aliphatic carbocycles. The average Bonchev–Trinajstić information content (AvgIpc) is 2.85. The minimum atomic E-state index is 0.241. The third-order valence-corrected chi connectivity index (χ3v) is 2.82. The minimum Gasteiger partial charge on any atom is -0.371 e. The standard InChI is InChI=1S/C11H19N3O/c1-8(2)15-7-10-12-11(14-13-10)9-5-3-4-6-9/h8-9H,3-7H2,1-2H3,(H,12,13,14). The van der Waals surface area contributed by atoms with Crippen molar-refractivity contribution in [3.05, 3.63) is 11.6 Å². The molecule has 0 bridgehead atoms. The number of hydrogen-bond donors (Lipinski definition) is 1. The fourth-order valence-corrected chi connectivity index (χ4v) is 1.99. The quantitative estimate of drug-likeness (QED) is 0.828. The van der Waals surface area contributed by atoms with Crippen LogP contribution < -0.4 is 0 Å². The fraction of sp³-hybridized carbons (Fsp3) is 0.818. The van der Waals surface area contributed by atoms with Gasteiger partial charge in [0.05, 0.1) is 6.10 Å². The highest BCUT2D eigenvalue weighted by atomic mass is 16.5. The van der Waals surface area contributed by atoms with Crippen molar-refractivity contribution in [2.75, 3.05) is 0 Å². The number of ether oxygens (including phenoxy) is 1. The highest BCUT2D eigenvalue weighted by Crippen LogP contribution is 2.31. The van der Waals surface area contributed by atoms with Gasteiger partial charge in [0.2, 0.25) is 0 Å². The summed E-state index contributed by atoms with van der Waals surface area (Å²) in [5, 5.41) is 7.21. The molecular formula is C11H19N3O. The Balaban J connectivity index is 1.91. The lowest BCUT2D eigenvalue weighted by atomic mass is 10.1. The maximum absolute atomic E-state index is 5.47. The van der Waals surface area contributed by atoms with Crippen LogP contribution in [0.5, 0.6) is 0 Å². The monoisotopic (exact) mass is 209 g/mol. The first-order chi connectivity index (χ1) is 7.25. The van der Waals surface area contributed by atoms with Gasteiger partial charge >= 0.3 is 0 Å². The summed E-state index contributed by atoms with van der Waals surface area (Å²) in [4.78, 5) is 4.47. The number of hydrogen-bond acceptors (Lipinski definition) is 3. The second-order valence-electron chi connectivity index (χ2n) is 4.48. The van der Waals surface area contributed by atoms with Crippen molar-refractivity contribution in [2.24, 2.45) is 0 Å².